The Morgan fingerprint density at radius 1 is 0.964 bits per heavy atom. The maximum Gasteiger partial charge on any atom is 0.255 e. The van der Waals surface area contributed by atoms with Crippen LogP contribution in [0.4, 0.5) is 11.4 Å². The molecular weight excluding hydrogens is 356 g/mol. The van der Waals surface area contributed by atoms with E-state index in [2.05, 4.69) is 15.5 Å². The maximum atomic E-state index is 12.3. The summed E-state index contributed by atoms with van der Waals surface area (Å²) in [7, 11) is 0. The summed E-state index contributed by atoms with van der Waals surface area (Å²) in [6.45, 7) is 5.03. The van der Waals surface area contributed by atoms with Gasteiger partial charge >= 0.3 is 0 Å². The number of hydrogen-bond donors (Lipinski definition) is 3. The Morgan fingerprint density at radius 3 is 2.29 bits per heavy atom. The van der Waals surface area contributed by atoms with Gasteiger partial charge in [0.15, 0.2) is 0 Å². The first-order chi connectivity index (χ1) is 13.6. The summed E-state index contributed by atoms with van der Waals surface area (Å²) in [5, 5.41) is 5.69. The SMILES string of the molecule is Nc1ccccc1NC(=O)c1ccc(C(=O)NCCCN2CCOCC2)cc1. The van der Waals surface area contributed by atoms with Crippen molar-refractivity contribution in [3.05, 3.63) is 59.7 Å². The second kappa shape index (κ2) is 9.87. The third kappa shape index (κ3) is 5.55. The average molecular weight is 382 g/mol. The predicted molar refractivity (Wildman–Crippen MR) is 109 cm³/mol. The lowest BCUT2D eigenvalue weighted by Gasteiger charge is -2.26. The number of nitrogens with two attached hydrogens (primary N) is 1. The van der Waals surface area contributed by atoms with E-state index in [1.165, 1.54) is 0 Å². The van der Waals surface area contributed by atoms with Crippen LogP contribution in [0.1, 0.15) is 27.1 Å². The molecule has 0 aliphatic carbocycles. The van der Waals surface area contributed by atoms with Gasteiger partial charge in [0.1, 0.15) is 0 Å². The van der Waals surface area contributed by atoms with Gasteiger partial charge in [-0.2, -0.15) is 0 Å². The predicted octanol–water partition coefficient (Wildman–Crippen LogP) is 1.97. The number of carbonyl (C=O) groups excluding carboxylic acids is 2. The quantitative estimate of drug-likeness (QED) is 0.503. The summed E-state index contributed by atoms with van der Waals surface area (Å²) in [5.74, 6) is -0.406. The highest BCUT2D eigenvalue weighted by molar-refractivity contribution is 6.06. The standard InChI is InChI=1S/C21H26N4O3/c22-18-4-1-2-5-19(18)24-21(27)17-8-6-16(7-9-17)20(26)23-10-3-11-25-12-14-28-15-13-25/h1-2,4-9H,3,10-15,22H2,(H,23,26)(H,24,27). The minimum Gasteiger partial charge on any atom is -0.397 e. The number of nitrogens with one attached hydrogen (secondary N) is 2. The van der Waals surface area contributed by atoms with Gasteiger partial charge in [0.25, 0.3) is 11.8 Å². The van der Waals surface area contributed by atoms with E-state index in [9.17, 15) is 9.59 Å². The molecule has 1 fully saturated rings. The first-order valence-corrected chi connectivity index (χ1v) is 9.48. The fraction of sp³-hybridized carbons (Fsp3) is 0.333. The minimum absolute atomic E-state index is 0.138. The van der Waals surface area contributed by atoms with Crippen LogP contribution in [0.15, 0.2) is 48.5 Å². The van der Waals surface area contributed by atoms with Crippen LogP contribution < -0.4 is 16.4 Å². The number of hydrogen-bond acceptors (Lipinski definition) is 5. The maximum absolute atomic E-state index is 12.3. The van der Waals surface area contributed by atoms with Gasteiger partial charge < -0.3 is 21.1 Å². The summed E-state index contributed by atoms with van der Waals surface area (Å²) >= 11 is 0. The van der Waals surface area contributed by atoms with E-state index >= 15 is 0 Å². The van der Waals surface area contributed by atoms with Crippen LogP contribution in [0.3, 0.4) is 0 Å². The summed E-state index contributed by atoms with van der Waals surface area (Å²) in [6.07, 6.45) is 0.894. The topological polar surface area (TPSA) is 96.7 Å². The zero-order valence-electron chi connectivity index (χ0n) is 15.8. The molecule has 4 N–H and O–H groups in total. The zero-order chi connectivity index (χ0) is 19.8. The van der Waals surface area contributed by atoms with E-state index in [1.54, 1.807) is 48.5 Å². The Hall–Kier alpha value is -2.90. The molecule has 1 aliphatic rings. The minimum atomic E-state index is -0.268. The summed E-state index contributed by atoms with van der Waals surface area (Å²) in [6, 6.07) is 13.7. The third-order valence-electron chi connectivity index (χ3n) is 4.66. The number of ether oxygens (including phenoxy) is 1. The molecule has 0 spiro atoms. The summed E-state index contributed by atoms with van der Waals surface area (Å²) < 4.78 is 5.32. The lowest BCUT2D eigenvalue weighted by atomic mass is 10.1. The van der Waals surface area contributed by atoms with Crippen LogP contribution in [0.2, 0.25) is 0 Å². The smallest absolute Gasteiger partial charge is 0.255 e. The van der Waals surface area contributed by atoms with Crippen LogP contribution in [0.5, 0.6) is 0 Å². The van der Waals surface area contributed by atoms with Crippen molar-refractivity contribution in [1.29, 1.82) is 0 Å². The van der Waals surface area contributed by atoms with Crippen LogP contribution >= 0.6 is 0 Å². The molecule has 2 amide bonds. The lowest BCUT2D eigenvalue weighted by Crippen LogP contribution is -2.38. The number of nitrogens with zero attached hydrogens (tertiary/aromatic N) is 1. The van der Waals surface area contributed by atoms with Crippen LogP contribution in [0, 0.1) is 0 Å². The van der Waals surface area contributed by atoms with Crippen LogP contribution in [-0.2, 0) is 4.74 Å². The summed E-state index contributed by atoms with van der Waals surface area (Å²) in [5.41, 5.74) is 7.90. The number of morpholine rings is 1. The van der Waals surface area contributed by atoms with Gasteiger partial charge in [-0.3, -0.25) is 14.5 Å². The molecule has 1 aliphatic heterocycles. The summed E-state index contributed by atoms with van der Waals surface area (Å²) in [4.78, 5) is 26.9. The number of rotatable bonds is 7. The number of nitrogen functional groups attached to an aromatic ring is 1. The van der Waals surface area contributed by atoms with Gasteiger partial charge in [-0.15, -0.1) is 0 Å². The lowest BCUT2D eigenvalue weighted by molar-refractivity contribution is 0.0374. The highest BCUT2D eigenvalue weighted by atomic mass is 16.5. The zero-order valence-corrected chi connectivity index (χ0v) is 15.8. The second-order valence-corrected chi connectivity index (χ2v) is 6.68. The van der Waals surface area contributed by atoms with Crippen molar-refractivity contribution in [2.75, 3.05) is 50.4 Å². The van der Waals surface area contributed by atoms with E-state index in [4.69, 9.17) is 10.5 Å². The molecule has 7 heteroatoms. The molecule has 0 atom stereocenters. The van der Waals surface area contributed by atoms with Crippen molar-refractivity contribution in [2.24, 2.45) is 0 Å². The molecule has 2 aromatic rings. The fourth-order valence-corrected chi connectivity index (χ4v) is 3.01. The van der Waals surface area contributed by atoms with E-state index in [1.807, 2.05) is 0 Å². The van der Waals surface area contributed by atoms with Crippen molar-refractivity contribution in [2.45, 2.75) is 6.42 Å². The molecular formula is C21H26N4O3. The largest absolute Gasteiger partial charge is 0.397 e. The van der Waals surface area contributed by atoms with Crippen molar-refractivity contribution < 1.29 is 14.3 Å². The van der Waals surface area contributed by atoms with Crippen LogP contribution in [0.25, 0.3) is 0 Å². The van der Waals surface area contributed by atoms with Crippen molar-refractivity contribution >= 4 is 23.2 Å². The number of anilines is 2. The number of carbonyl (C=O) groups is 2. The Morgan fingerprint density at radius 2 is 1.61 bits per heavy atom. The van der Waals surface area contributed by atoms with Gasteiger partial charge in [0, 0.05) is 30.8 Å². The van der Waals surface area contributed by atoms with Crippen molar-refractivity contribution in [3.63, 3.8) is 0 Å². The number of para-hydroxylation sites is 2. The monoisotopic (exact) mass is 382 g/mol. The highest BCUT2D eigenvalue weighted by Gasteiger charge is 2.12. The molecule has 28 heavy (non-hydrogen) atoms. The van der Waals surface area contributed by atoms with E-state index < -0.39 is 0 Å². The van der Waals surface area contributed by atoms with Gasteiger partial charge in [0.05, 0.1) is 24.6 Å². The molecule has 0 bridgehead atoms. The molecule has 2 aromatic carbocycles. The Bertz CT molecular complexity index is 802. The van der Waals surface area contributed by atoms with Gasteiger partial charge in [-0.1, -0.05) is 12.1 Å². The van der Waals surface area contributed by atoms with E-state index in [-0.39, 0.29) is 11.8 Å². The normalized spacial score (nSPS) is 14.4. The number of benzene rings is 2. The van der Waals surface area contributed by atoms with E-state index in [0.29, 0.717) is 29.0 Å². The molecule has 0 radical (unpaired) electrons. The molecule has 0 unspecified atom stereocenters. The molecule has 3 rings (SSSR count). The Kier molecular flexibility index (Phi) is 7.00. The molecule has 148 valence electrons. The molecule has 0 saturated carbocycles. The average Bonchev–Trinajstić information content (AvgIpc) is 2.73. The highest BCUT2D eigenvalue weighted by Crippen LogP contribution is 2.18. The first-order valence-electron chi connectivity index (χ1n) is 9.48. The first kappa shape index (κ1) is 19.9. The third-order valence-corrected chi connectivity index (χ3v) is 4.66. The molecule has 0 aromatic heterocycles. The van der Waals surface area contributed by atoms with Gasteiger partial charge in [0.2, 0.25) is 0 Å². The van der Waals surface area contributed by atoms with Gasteiger partial charge in [-0.25, -0.2) is 0 Å². The van der Waals surface area contributed by atoms with E-state index in [0.717, 1.165) is 39.3 Å². The second-order valence-electron chi connectivity index (χ2n) is 6.68. The molecule has 7 nitrogen and oxygen atoms in total. The van der Waals surface area contributed by atoms with Crippen molar-refractivity contribution in [1.82, 2.24) is 10.2 Å². The Balaban J connectivity index is 1.45. The van der Waals surface area contributed by atoms with Crippen LogP contribution in [-0.4, -0.2) is 56.1 Å². The Labute approximate surface area is 164 Å². The fourth-order valence-electron chi connectivity index (χ4n) is 3.01. The number of amides is 2. The van der Waals surface area contributed by atoms with Gasteiger partial charge in [-0.05, 0) is 49.4 Å². The molecule has 1 heterocycles. The molecule has 1 saturated heterocycles. The van der Waals surface area contributed by atoms with Crippen molar-refractivity contribution in [3.8, 4) is 0 Å².